The molecule has 0 amide bonds. The van der Waals surface area contributed by atoms with Crippen molar-refractivity contribution in [2.24, 2.45) is 5.73 Å². The van der Waals surface area contributed by atoms with Gasteiger partial charge in [0.05, 0.1) is 12.8 Å². The second kappa shape index (κ2) is 3.75. The molecule has 72 valence electrons. The fraction of sp³-hybridized carbons (Fsp3) is 0.500. The molecule has 0 saturated heterocycles. The van der Waals surface area contributed by atoms with Gasteiger partial charge in [-0.1, -0.05) is 13.8 Å². The molecule has 0 atom stereocenters. The van der Waals surface area contributed by atoms with Crippen LogP contribution in [0.15, 0.2) is 18.3 Å². The van der Waals surface area contributed by atoms with Crippen LogP contribution in [0.4, 0.5) is 0 Å². The molecule has 3 nitrogen and oxygen atoms in total. The average molecular weight is 180 g/mol. The Bertz CT molecular complexity index is 284. The van der Waals surface area contributed by atoms with Crippen molar-refractivity contribution in [3.05, 3.63) is 24.0 Å². The summed E-state index contributed by atoms with van der Waals surface area (Å²) in [6, 6.07) is 3.76. The molecule has 1 rings (SSSR count). The van der Waals surface area contributed by atoms with Crippen LogP contribution in [0, 0.1) is 0 Å². The first-order valence-electron chi connectivity index (χ1n) is 4.31. The van der Waals surface area contributed by atoms with Gasteiger partial charge in [0, 0.05) is 18.2 Å². The van der Waals surface area contributed by atoms with Crippen molar-refractivity contribution in [1.82, 2.24) is 4.98 Å². The first-order valence-corrected chi connectivity index (χ1v) is 4.31. The van der Waals surface area contributed by atoms with Gasteiger partial charge < -0.3 is 10.5 Å². The summed E-state index contributed by atoms with van der Waals surface area (Å²) in [5, 5.41) is 0. The predicted molar refractivity (Wildman–Crippen MR) is 52.9 cm³/mol. The third-order valence-corrected chi connectivity index (χ3v) is 2.14. The molecular formula is C10H16N2O. The van der Waals surface area contributed by atoms with E-state index in [1.807, 2.05) is 12.1 Å². The standard InChI is InChI=1S/C10H16N2O/c1-10(2,7-11)9-8(13-3)5-4-6-12-9/h4-6H,7,11H2,1-3H3. The predicted octanol–water partition coefficient (Wildman–Crippen LogP) is 1.33. The molecule has 0 unspecified atom stereocenters. The van der Waals surface area contributed by atoms with Gasteiger partial charge in [-0.25, -0.2) is 0 Å². The number of hydrogen-bond acceptors (Lipinski definition) is 3. The van der Waals surface area contributed by atoms with E-state index in [1.54, 1.807) is 13.3 Å². The zero-order valence-corrected chi connectivity index (χ0v) is 8.37. The van der Waals surface area contributed by atoms with Crippen LogP contribution in [0.3, 0.4) is 0 Å². The Morgan fingerprint density at radius 1 is 1.54 bits per heavy atom. The Morgan fingerprint density at radius 2 is 2.23 bits per heavy atom. The van der Waals surface area contributed by atoms with Crippen molar-refractivity contribution in [3.8, 4) is 5.75 Å². The number of nitrogens with two attached hydrogens (primary N) is 1. The van der Waals surface area contributed by atoms with Crippen molar-refractivity contribution in [1.29, 1.82) is 0 Å². The van der Waals surface area contributed by atoms with Crippen molar-refractivity contribution in [3.63, 3.8) is 0 Å². The summed E-state index contributed by atoms with van der Waals surface area (Å²) in [6.07, 6.45) is 1.76. The highest BCUT2D eigenvalue weighted by atomic mass is 16.5. The van der Waals surface area contributed by atoms with E-state index >= 15 is 0 Å². The van der Waals surface area contributed by atoms with Gasteiger partial charge in [0.1, 0.15) is 5.75 Å². The van der Waals surface area contributed by atoms with Crippen molar-refractivity contribution >= 4 is 0 Å². The molecule has 3 heteroatoms. The van der Waals surface area contributed by atoms with Gasteiger partial charge >= 0.3 is 0 Å². The van der Waals surface area contributed by atoms with Gasteiger partial charge in [-0.3, -0.25) is 4.98 Å². The smallest absolute Gasteiger partial charge is 0.140 e. The highest BCUT2D eigenvalue weighted by molar-refractivity contribution is 5.32. The summed E-state index contributed by atoms with van der Waals surface area (Å²) >= 11 is 0. The molecule has 0 saturated carbocycles. The van der Waals surface area contributed by atoms with Gasteiger partial charge in [0.25, 0.3) is 0 Å². The van der Waals surface area contributed by atoms with E-state index in [0.717, 1.165) is 11.4 Å². The molecule has 0 radical (unpaired) electrons. The third kappa shape index (κ3) is 1.98. The molecule has 0 aliphatic carbocycles. The average Bonchev–Trinajstić information content (AvgIpc) is 2.18. The van der Waals surface area contributed by atoms with Gasteiger partial charge in [-0.15, -0.1) is 0 Å². The minimum Gasteiger partial charge on any atom is -0.495 e. The lowest BCUT2D eigenvalue weighted by molar-refractivity contribution is 0.387. The lowest BCUT2D eigenvalue weighted by Gasteiger charge is -2.23. The molecule has 1 aromatic heterocycles. The maximum atomic E-state index is 5.67. The first kappa shape index (κ1) is 9.99. The number of aromatic nitrogens is 1. The quantitative estimate of drug-likeness (QED) is 0.763. The lowest BCUT2D eigenvalue weighted by atomic mass is 9.88. The van der Waals surface area contributed by atoms with Crippen LogP contribution in [0.1, 0.15) is 19.5 Å². The monoisotopic (exact) mass is 180 g/mol. The molecule has 13 heavy (non-hydrogen) atoms. The van der Waals surface area contributed by atoms with Crippen LogP contribution in [-0.4, -0.2) is 18.6 Å². The van der Waals surface area contributed by atoms with E-state index in [4.69, 9.17) is 10.5 Å². The van der Waals surface area contributed by atoms with Gasteiger partial charge in [0.2, 0.25) is 0 Å². The van der Waals surface area contributed by atoms with E-state index in [1.165, 1.54) is 0 Å². The number of ether oxygens (including phenoxy) is 1. The Labute approximate surface area is 78.9 Å². The maximum absolute atomic E-state index is 5.67. The second-order valence-corrected chi connectivity index (χ2v) is 3.64. The Morgan fingerprint density at radius 3 is 2.77 bits per heavy atom. The number of pyridine rings is 1. The zero-order chi connectivity index (χ0) is 9.90. The Balaban J connectivity index is 3.12. The summed E-state index contributed by atoms with van der Waals surface area (Å²) in [6.45, 7) is 4.66. The van der Waals surface area contributed by atoms with Crippen molar-refractivity contribution < 1.29 is 4.74 Å². The van der Waals surface area contributed by atoms with Crippen LogP contribution in [-0.2, 0) is 5.41 Å². The number of methoxy groups -OCH3 is 1. The first-order chi connectivity index (χ1) is 6.11. The van der Waals surface area contributed by atoms with E-state index in [-0.39, 0.29) is 5.41 Å². The minimum absolute atomic E-state index is 0.132. The molecule has 1 heterocycles. The van der Waals surface area contributed by atoms with E-state index in [2.05, 4.69) is 18.8 Å². The van der Waals surface area contributed by atoms with E-state index in [0.29, 0.717) is 6.54 Å². The summed E-state index contributed by atoms with van der Waals surface area (Å²) in [5.74, 6) is 0.804. The summed E-state index contributed by atoms with van der Waals surface area (Å²) in [5.41, 5.74) is 6.45. The highest BCUT2D eigenvalue weighted by Gasteiger charge is 2.23. The number of rotatable bonds is 3. The van der Waals surface area contributed by atoms with Crippen LogP contribution in [0.2, 0.25) is 0 Å². The second-order valence-electron chi connectivity index (χ2n) is 3.64. The fourth-order valence-corrected chi connectivity index (χ4v) is 1.16. The largest absolute Gasteiger partial charge is 0.495 e. The Kier molecular flexibility index (Phi) is 2.88. The van der Waals surface area contributed by atoms with Crippen LogP contribution < -0.4 is 10.5 Å². The maximum Gasteiger partial charge on any atom is 0.140 e. The summed E-state index contributed by atoms with van der Waals surface area (Å²) < 4.78 is 5.22. The molecule has 0 fully saturated rings. The Hall–Kier alpha value is -1.09. The fourth-order valence-electron chi connectivity index (χ4n) is 1.16. The molecular weight excluding hydrogens is 164 g/mol. The van der Waals surface area contributed by atoms with Crippen LogP contribution in [0.5, 0.6) is 5.75 Å². The molecule has 2 N–H and O–H groups in total. The molecule has 0 spiro atoms. The summed E-state index contributed by atoms with van der Waals surface area (Å²) in [7, 11) is 1.65. The number of nitrogens with zero attached hydrogens (tertiary/aromatic N) is 1. The third-order valence-electron chi connectivity index (χ3n) is 2.14. The molecule has 0 aliphatic rings. The number of hydrogen-bond donors (Lipinski definition) is 1. The van der Waals surface area contributed by atoms with E-state index < -0.39 is 0 Å². The SMILES string of the molecule is COc1cccnc1C(C)(C)CN. The van der Waals surface area contributed by atoms with E-state index in [9.17, 15) is 0 Å². The highest BCUT2D eigenvalue weighted by Crippen LogP contribution is 2.27. The van der Waals surface area contributed by atoms with Crippen molar-refractivity contribution in [2.45, 2.75) is 19.3 Å². The lowest BCUT2D eigenvalue weighted by Crippen LogP contribution is -2.29. The zero-order valence-electron chi connectivity index (χ0n) is 8.37. The molecule has 1 aromatic rings. The van der Waals surface area contributed by atoms with Gasteiger partial charge in [0.15, 0.2) is 0 Å². The van der Waals surface area contributed by atoms with Crippen molar-refractivity contribution in [2.75, 3.05) is 13.7 Å². The van der Waals surface area contributed by atoms with Gasteiger partial charge in [-0.05, 0) is 12.1 Å². The summed E-state index contributed by atoms with van der Waals surface area (Å²) in [4.78, 5) is 4.29. The van der Waals surface area contributed by atoms with Crippen LogP contribution >= 0.6 is 0 Å². The molecule has 0 aliphatic heterocycles. The minimum atomic E-state index is -0.132. The molecule has 0 bridgehead atoms. The normalized spacial score (nSPS) is 11.4. The van der Waals surface area contributed by atoms with Crippen LogP contribution in [0.25, 0.3) is 0 Å². The van der Waals surface area contributed by atoms with Gasteiger partial charge in [-0.2, -0.15) is 0 Å². The molecule has 0 aromatic carbocycles. The topological polar surface area (TPSA) is 48.1 Å².